The molecule has 26 heavy (non-hydrogen) atoms. The fraction of sp³-hybridized carbons (Fsp3) is 0.524. The summed E-state index contributed by atoms with van der Waals surface area (Å²) in [5, 5.41) is 19.6. The van der Waals surface area contributed by atoms with E-state index in [0.717, 1.165) is 29.5 Å². The zero-order valence-electron chi connectivity index (χ0n) is 16.3. The molecule has 0 aliphatic carbocycles. The van der Waals surface area contributed by atoms with Crippen LogP contribution in [0.5, 0.6) is 0 Å². The first-order valence-electron chi connectivity index (χ1n) is 8.97. The minimum Gasteiger partial charge on any atom is -0.389 e. The topological polar surface area (TPSA) is 73.6 Å². The summed E-state index contributed by atoms with van der Waals surface area (Å²) in [6, 6.07) is 7.79. The van der Waals surface area contributed by atoms with Crippen LogP contribution >= 0.6 is 0 Å². The first-order chi connectivity index (χ1) is 12.2. The van der Waals surface area contributed by atoms with Gasteiger partial charge in [-0.15, -0.1) is 0 Å². The number of carbonyl (C=O) groups excluding carboxylic acids is 1. The molecule has 5 nitrogen and oxygen atoms in total. The third kappa shape index (κ3) is 4.14. The van der Waals surface area contributed by atoms with Crippen molar-refractivity contribution < 1.29 is 14.6 Å². The van der Waals surface area contributed by atoms with E-state index < -0.39 is 6.10 Å². The Morgan fingerprint density at radius 3 is 2.46 bits per heavy atom. The van der Waals surface area contributed by atoms with Gasteiger partial charge in [-0.25, -0.2) is 0 Å². The van der Waals surface area contributed by atoms with Crippen LogP contribution < -0.4 is 0 Å². The summed E-state index contributed by atoms with van der Waals surface area (Å²) in [5.74, 6) is -0.246. The molecule has 1 aromatic rings. The van der Waals surface area contributed by atoms with Gasteiger partial charge < -0.3 is 14.7 Å². The van der Waals surface area contributed by atoms with Gasteiger partial charge in [0.15, 0.2) is 5.78 Å². The van der Waals surface area contributed by atoms with Gasteiger partial charge in [0.2, 0.25) is 0 Å². The van der Waals surface area contributed by atoms with E-state index in [1.165, 1.54) is 6.92 Å². The molecular formula is C21H28N2O3. The van der Waals surface area contributed by atoms with Crippen LogP contribution in [0.25, 0.3) is 5.70 Å². The van der Waals surface area contributed by atoms with Crippen molar-refractivity contribution >= 4 is 11.5 Å². The summed E-state index contributed by atoms with van der Waals surface area (Å²) in [6.07, 6.45) is 1.02. The van der Waals surface area contributed by atoms with Crippen molar-refractivity contribution in [3.63, 3.8) is 0 Å². The van der Waals surface area contributed by atoms with E-state index >= 15 is 0 Å². The number of likely N-dealkylation sites (tertiary alicyclic amines) is 1. The van der Waals surface area contributed by atoms with E-state index in [0.29, 0.717) is 18.8 Å². The Labute approximate surface area is 155 Å². The van der Waals surface area contributed by atoms with Gasteiger partial charge in [-0.05, 0) is 57.7 Å². The van der Waals surface area contributed by atoms with Crippen molar-refractivity contribution in [1.82, 2.24) is 4.90 Å². The summed E-state index contributed by atoms with van der Waals surface area (Å²) in [7, 11) is 1.72. The molecule has 2 rings (SSSR count). The molecule has 0 bridgehead atoms. The molecule has 1 fully saturated rings. The number of Topliss-reactive ketones (excluding diaryl/α,β-unsaturated/α-hetero) is 1. The fourth-order valence-corrected chi connectivity index (χ4v) is 3.32. The molecular weight excluding hydrogens is 328 g/mol. The highest BCUT2D eigenvalue weighted by Crippen LogP contribution is 2.34. The van der Waals surface area contributed by atoms with Gasteiger partial charge >= 0.3 is 0 Å². The second-order valence-electron chi connectivity index (χ2n) is 7.28. The van der Waals surface area contributed by atoms with Gasteiger partial charge in [0.25, 0.3) is 0 Å². The number of hydrogen-bond acceptors (Lipinski definition) is 5. The second-order valence-corrected chi connectivity index (χ2v) is 7.28. The zero-order valence-corrected chi connectivity index (χ0v) is 16.3. The number of hydrogen-bond donors (Lipinski definition) is 1. The Morgan fingerprint density at radius 1 is 1.38 bits per heavy atom. The Hall–Kier alpha value is -2.16. The molecule has 1 aromatic carbocycles. The lowest BCUT2D eigenvalue weighted by Gasteiger charge is -2.41. The van der Waals surface area contributed by atoms with Crippen LogP contribution in [0.15, 0.2) is 23.8 Å². The van der Waals surface area contributed by atoms with Crippen molar-refractivity contribution in [2.24, 2.45) is 0 Å². The number of aliphatic hydroxyl groups is 1. The molecule has 1 aliphatic rings. The van der Waals surface area contributed by atoms with Crippen LogP contribution in [0, 0.1) is 18.3 Å². The highest BCUT2D eigenvalue weighted by Gasteiger charge is 2.32. The number of aryl methyl sites for hydroxylation is 1. The van der Waals surface area contributed by atoms with E-state index in [1.54, 1.807) is 14.0 Å². The highest BCUT2D eigenvalue weighted by atomic mass is 16.5. The number of methoxy groups -OCH3 is 1. The van der Waals surface area contributed by atoms with Gasteiger partial charge in [0, 0.05) is 25.8 Å². The summed E-state index contributed by atoms with van der Waals surface area (Å²) in [4.78, 5) is 14.3. The smallest absolute Gasteiger partial charge is 0.172 e. The molecule has 1 aliphatic heterocycles. The summed E-state index contributed by atoms with van der Waals surface area (Å²) in [6.45, 7) is 8.59. The van der Waals surface area contributed by atoms with Crippen molar-refractivity contribution in [2.75, 3.05) is 20.2 Å². The molecule has 1 saturated heterocycles. The third-order valence-corrected chi connectivity index (χ3v) is 5.33. The average Bonchev–Trinajstić information content (AvgIpc) is 2.61. The summed E-state index contributed by atoms with van der Waals surface area (Å²) < 4.78 is 5.61. The molecule has 140 valence electrons. The number of ether oxygens (including phenoxy) is 1. The summed E-state index contributed by atoms with van der Waals surface area (Å²) in [5.41, 5.74) is 3.22. The normalized spacial score (nSPS) is 18.7. The predicted octanol–water partition coefficient (Wildman–Crippen LogP) is 3.37. The number of aliphatic hydroxyl groups excluding tert-OH is 1. The third-order valence-electron chi connectivity index (χ3n) is 5.33. The number of carbonyl (C=O) groups is 1. The Kier molecular flexibility index (Phi) is 6.22. The van der Waals surface area contributed by atoms with E-state index in [4.69, 9.17) is 4.74 Å². The van der Waals surface area contributed by atoms with E-state index in [1.807, 2.05) is 25.1 Å². The van der Waals surface area contributed by atoms with Gasteiger partial charge in [0.1, 0.15) is 11.6 Å². The lowest BCUT2D eigenvalue weighted by atomic mass is 9.90. The average molecular weight is 356 g/mol. The van der Waals surface area contributed by atoms with Crippen molar-refractivity contribution in [2.45, 2.75) is 52.2 Å². The largest absolute Gasteiger partial charge is 0.389 e. The molecule has 1 N–H and O–H groups in total. The van der Waals surface area contributed by atoms with E-state index in [9.17, 15) is 15.2 Å². The first kappa shape index (κ1) is 20.2. The summed E-state index contributed by atoms with van der Waals surface area (Å²) >= 11 is 0. The van der Waals surface area contributed by atoms with Crippen LogP contribution in [0.2, 0.25) is 0 Å². The number of nitrogens with zero attached hydrogens (tertiary/aromatic N) is 2. The number of benzene rings is 1. The van der Waals surface area contributed by atoms with Crippen LogP contribution in [0.4, 0.5) is 0 Å². The zero-order chi connectivity index (χ0) is 19.5. The molecule has 1 heterocycles. The monoisotopic (exact) mass is 356 g/mol. The van der Waals surface area contributed by atoms with Gasteiger partial charge in [-0.1, -0.05) is 12.1 Å². The Bertz CT molecular complexity index is 751. The second kappa shape index (κ2) is 8.03. The number of ketones is 1. The minimum atomic E-state index is -0.614. The SMILES string of the molecule is COC1(C)CCN(/C(=C(\C#N)C(C)=O)c2cc(C(C)O)ccc2C)CC1. The van der Waals surface area contributed by atoms with Crippen LogP contribution in [0.3, 0.4) is 0 Å². The first-order valence-corrected chi connectivity index (χ1v) is 8.97. The molecule has 0 radical (unpaired) electrons. The van der Waals surface area contributed by atoms with Crippen molar-refractivity contribution in [3.8, 4) is 6.07 Å². The minimum absolute atomic E-state index is 0.164. The maximum absolute atomic E-state index is 12.2. The lowest BCUT2D eigenvalue weighted by Crippen LogP contribution is -2.43. The molecule has 0 aromatic heterocycles. The van der Waals surface area contributed by atoms with Gasteiger partial charge in [-0.3, -0.25) is 4.79 Å². The maximum atomic E-state index is 12.2. The molecule has 1 unspecified atom stereocenters. The van der Waals surface area contributed by atoms with E-state index in [-0.39, 0.29) is 17.0 Å². The van der Waals surface area contributed by atoms with Gasteiger partial charge in [0.05, 0.1) is 17.4 Å². The molecule has 5 heteroatoms. The van der Waals surface area contributed by atoms with Crippen LogP contribution in [-0.2, 0) is 9.53 Å². The van der Waals surface area contributed by atoms with E-state index in [2.05, 4.69) is 17.9 Å². The fourth-order valence-electron chi connectivity index (χ4n) is 3.32. The van der Waals surface area contributed by atoms with Crippen molar-refractivity contribution in [1.29, 1.82) is 5.26 Å². The number of allylic oxidation sites excluding steroid dienone is 1. The Morgan fingerprint density at radius 2 is 2.00 bits per heavy atom. The maximum Gasteiger partial charge on any atom is 0.172 e. The van der Waals surface area contributed by atoms with Gasteiger partial charge in [-0.2, -0.15) is 5.26 Å². The van der Waals surface area contributed by atoms with Crippen molar-refractivity contribution in [3.05, 3.63) is 40.5 Å². The standard InChI is InChI=1S/C21H28N2O3/c1-14-6-7-17(15(2)24)12-18(14)20(19(13-22)16(3)25)23-10-8-21(4,26-5)9-11-23/h6-7,12,15,24H,8-11H2,1-5H3/b20-19+. The van der Waals surface area contributed by atoms with Crippen LogP contribution in [-0.4, -0.2) is 41.6 Å². The highest BCUT2D eigenvalue weighted by molar-refractivity contribution is 6.04. The number of nitriles is 1. The lowest BCUT2D eigenvalue weighted by molar-refractivity contribution is -0.113. The quantitative estimate of drug-likeness (QED) is 0.647. The number of rotatable bonds is 5. The number of piperidine rings is 1. The molecule has 1 atom stereocenters. The molecule has 0 spiro atoms. The molecule has 0 amide bonds. The Balaban J connectivity index is 2.57. The predicted molar refractivity (Wildman–Crippen MR) is 101 cm³/mol. The van der Waals surface area contributed by atoms with Crippen LogP contribution in [0.1, 0.15) is 56.4 Å². The molecule has 0 saturated carbocycles.